The summed E-state index contributed by atoms with van der Waals surface area (Å²) in [5, 5.41) is 1.86. The van der Waals surface area contributed by atoms with Gasteiger partial charge in [0.2, 0.25) is 0 Å². The van der Waals surface area contributed by atoms with Crippen molar-refractivity contribution < 1.29 is 13.2 Å². The summed E-state index contributed by atoms with van der Waals surface area (Å²) in [5.74, 6) is 0. The molecule has 1 unspecified atom stereocenters. The molecule has 1 atom stereocenters. The third kappa shape index (κ3) is 2.13. The maximum absolute atomic E-state index is 11.3. The first-order chi connectivity index (χ1) is 3.48. The minimum absolute atomic E-state index is 1.15. The first kappa shape index (κ1) is 7.71. The molecule has 0 bridgehead atoms. The Morgan fingerprint density at radius 2 is 1.88 bits per heavy atom. The Morgan fingerprint density at radius 1 is 1.50 bits per heavy atom. The van der Waals surface area contributed by atoms with Crippen LogP contribution in [0, 0.1) is 0 Å². The second-order valence-electron chi connectivity index (χ2n) is 1.31. The Hall–Kier alpha value is -0.290. The van der Waals surface area contributed by atoms with Gasteiger partial charge < -0.3 is 5.73 Å². The molecule has 0 radical (unpaired) electrons. The summed E-state index contributed by atoms with van der Waals surface area (Å²) in [7, 11) is 1.15. The quantitative estimate of drug-likeness (QED) is 0.490. The standard InChI is InChI=1S/C3H7F3N2/c1-8-2(7)3(4,5)6/h2,8H,7H2,1H3. The lowest BCUT2D eigenvalue weighted by Gasteiger charge is -2.12. The largest absolute Gasteiger partial charge is 0.416 e. The van der Waals surface area contributed by atoms with E-state index in [0.29, 0.717) is 0 Å². The zero-order valence-electron chi connectivity index (χ0n) is 4.29. The lowest BCUT2D eigenvalue weighted by Crippen LogP contribution is -2.47. The third-order valence-corrected chi connectivity index (χ3v) is 0.664. The molecule has 0 rings (SSSR count). The van der Waals surface area contributed by atoms with Crippen LogP contribution in [0.5, 0.6) is 0 Å². The summed E-state index contributed by atoms with van der Waals surface area (Å²) in [6.07, 6.45) is -6.23. The van der Waals surface area contributed by atoms with Crippen molar-refractivity contribution in [2.75, 3.05) is 7.05 Å². The molecule has 0 aliphatic carbocycles. The summed E-state index contributed by atoms with van der Waals surface area (Å²) >= 11 is 0. The topological polar surface area (TPSA) is 38.0 Å². The van der Waals surface area contributed by atoms with Crippen molar-refractivity contribution in [3.63, 3.8) is 0 Å². The average molecular weight is 128 g/mol. The van der Waals surface area contributed by atoms with Gasteiger partial charge in [-0.2, -0.15) is 13.2 Å². The van der Waals surface area contributed by atoms with Crippen LogP contribution in [0.25, 0.3) is 0 Å². The predicted molar refractivity (Wildman–Crippen MR) is 23.1 cm³/mol. The molecule has 8 heavy (non-hydrogen) atoms. The van der Waals surface area contributed by atoms with Crippen molar-refractivity contribution in [1.29, 1.82) is 0 Å². The molecule has 0 amide bonds. The molecular weight excluding hydrogens is 121 g/mol. The van der Waals surface area contributed by atoms with E-state index in [1.54, 1.807) is 0 Å². The summed E-state index contributed by atoms with van der Waals surface area (Å²) < 4.78 is 33.8. The molecule has 0 aliphatic heterocycles. The fourth-order valence-corrected chi connectivity index (χ4v) is 0.164. The summed E-state index contributed by atoms with van der Waals surface area (Å²) in [5.41, 5.74) is 4.51. The number of nitrogens with two attached hydrogens (primary N) is 1. The zero-order valence-corrected chi connectivity index (χ0v) is 4.29. The molecule has 0 heterocycles. The molecule has 0 fully saturated rings. The van der Waals surface area contributed by atoms with Gasteiger partial charge in [-0.05, 0) is 7.05 Å². The summed E-state index contributed by atoms with van der Waals surface area (Å²) in [6, 6.07) is 0. The molecule has 50 valence electrons. The summed E-state index contributed by atoms with van der Waals surface area (Å²) in [6.45, 7) is 0. The van der Waals surface area contributed by atoms with Crippen LogP contribution in [0.4, 0.5) is 13.2 Å². The number of rotatable bonds is 1. The zero-order chi connectivity index (χ0) is 6.78. The molecule has 0 aromatic carbocycles. The van der Waals surface area contributed by atoms with Gasteiger partial charge in [0.05, 0.1) is 0 Å². The molecule has 2 nitrogen and oxygen atoms in total. The molecular formula is C3H7F3N2. The van der Waals surface area contributed by atoms with Gasteiger partial charge in [0.15, 0.2) is 6.17 Å². The molecule has 0 saturated carbocycles. The normalized spacial score (nSPS) is 16.1. The van der Waals surface area contributed by atoms with E-state index in [4.69, 9.17) is 0 Å². The second-order valence-corrected chi connectivity index (χ2v) is 1.31. The molecule has 3 N–H and O–H groups in total. The van der Waals surface area contributed by atoms with E-state index < -0.39 is 12.3 Å². The van der Waals surface area contributed by atoms with Crippen LogP contribution < -0.4 is 11.1 Å². The molecule has 0 aliphatic rings. The van der Waals surface area contributed by atoms with Crippen molar-refractivity contribution in [3.8, 4) is 0 Å². The number of hydrogen-bond donors (Lipinski definition) is 2. The fraction of sp³-hybridized carbons (Fsp3) is 1.00. The first-order valence-corrected chi connectivity index (χ1v) is 1.98. The van der Waals surface area contributed by atoms with Crippen LogP contribution in [0.1, 0.15) is 0 Å². The van der Waals surface area contributed by atoms with Gasteiger partial charge in [0.25, 0.3) is 0 Å². The Kier molecular flexibility index (Phi) is 2.24. The van der Waals surface area contributed by atoms with Gasteiger partial charge in [0, 0.05) is 0 Å². The molecule has 0 spiro atoms. The smallest absolute Gasteiger partial charge is 0.308 e. The Labute approximate surface area is 44.9 Å². The van der Waals surface area contributed by atoms with Crippen molar-refractivity contribution in [2.24, 2.45) is 5.73 Å². The minimum Gasteiger partial charge on any atom is -0.308 e. The number of alkyl halides is 3. The van der Waals surface area contributed by atoms with E-state index in [0.717, 1.165) is 7.05 Å². The van der Waals surface area contributed by atoms with Gasteiger partial charge in [-0.15, -0.1) is 0 Å². The Bertz CT molecular complexity index is 69.4. The van der Waals surface area contributed by atoms with Crippen LogP contribution in [0.2, 0.25) is 0 Å². The second kappa shape index (κ2) is 2.32. The first-order valence-electron chi connectivity index (χ1n) is 1.98. The van der Waals surface area contributed by atoms with Crippen LogP contribution >= 0.6 is 0 Å². The summed E-state index contributed by atoms with van der Waals surface area (Å²) in [4.78, 5) is 0. The molecule has 5 heteroatoms. The minimum atomic E-state index is -4.32. The highest BCUT2D eigenvalue weighted by molar-refractivity contribution is 4.63. The van der Waals surface area contributed by atoms with Gasteiger partial charge >= 0.3 is 6.18 Å². The number of hydrogen-bond acceptors (Lipinski definition) is 2. The predicted octanol–water partition coefficient (Wildman–Crippen LogP) is 0.0529. The van der Waals surface area contributed by atoms with Crippen molar-refractivity contribution >= 4 is 0 Å². The monoisotopic (exact) mass is 128 g/mol. The highest BCUT2D eigenvalue weighted by Gasteiger charge is 2.35. The van der Waals surface area contributed by atoms with Crippen molar-refractivity contribution in [2.45, 2.75) is 12.3 Å². The van der Waals surface area contributed by atoms with Crippen LogP contribution in [-0.2, 0) is 0 Å². The highest BCUT2D eigenvalue weighted by Crippen LogP contribution is 2.15. The lowest BCUT2D eigenvalue weighted by molar-refractivity contribution is -0.153. The Balaban J connectivity index is 3.62. The van der Waals surface area contributed by atoms with Crippen molar-refractivity contribution in [3.05, 3.63) is 0 Å². The van der Waals surface area contributed by atoms with Crippen LogP contribution in [-0.4, -0.2) is 19.4 Å². The van der Waals surface area contributed by atoms with E-state index in [9.17, 15) is 13.2 Å². The third-order valence-electron chi connectivity index (χ3n) is 0.664. The SMILES string of the molecule is CNC(N)C(F)(F)F. The number of nitrogens with one attached hydrogen (secondary N) is 1. The van der Waals surface area contributed by atoms with Crippen LogP contribution in [0.15, 0.2) is 0 Å². The van der Waals surface area contributed by atoms with Gasteiger partial charge in [-0.3, -0.25) is 5.32 Å². The van der Waals surface area contributed by atoms with E-state index in [1.165, 1.54) is 0 Å². The molecule has 0 aromatic heterocycles. The average Bonchev–Trinajstić information content (AvgIpc) is 1.62. The van der Waals surface area contributed by atoms with Crippen molar-refractivity contribution in [1.82, 2.24) is 5.32 Å². The Morgan fingerprint density at radius 3 is 1.88 bits per heavy atom. The van der Waals surface area contributed by atoms with E-state index >= 15 is 0 Å². The maximum atomic E-state index is 11.3. The van der Waals surface area contributed by atoms with E-state index in [-0.39, 0.29) is 0 Å². The van der Waals surface area contributed by atoms with Gasteiger partial charge in [0.1, 0.15) is 0 Å². The number of halogens is 3. The van der Waals surface area contributed by atoms with Gasteiger partial charge in [-0.1, -0.05) is 0 Å². The van der Waals surface area contributed by atoms with Gasteiger partial charge in [-0.25, -0.2) is 0 Å². The maximum Gasteiger partial charge on any atom is 0.416 e. The van der Waals surface area contributed by atoms with E-state index in [1.807, 2.05) is 5.32 Å². The fourth-order valence-electron chi connectivity index (χ4n) is 0.164. The molecule has 0 aromatic rings. The van der Waals surface area contributed by atoms with Crippen LogP contribution in [0.3, 0.4) is 0 Å². The molecule has 0 saturated heterocycles. The highest BCUT2D eigenvalue weighted by atomic mass is 19.4. The van der Waals surface area contributed by atoms with E-state index in [2.05, 4.69) is 5.73 Å². The lowest BCUT2D eigenvalue weighted by atomic mass is 10.5.